The molecule has 1 aromatic carbocycles. The van der Waals surface area contributed by atoms with Crippen molar-refractivity contribution in [1.29, 1.82) is 0 Å². The van der Waals surface area contributed by atoms with Gasteiger partial charge in [-0.05, 0) is 56.0 Å². The zero-order chi connectivity index (χ0) is 22.1. The van der Waals surface area contributed by atoms with Crippen molar-refractivity contribution in [3.05, 3.63) is 41.6 Å². The highest BCUT2D eigenvalue weighted by Crippen LogP contribution is 2.42. The summed E-state index contributed by atoms with van der Waals surface area (Å²) in [5.41, 5.74) is 4.72. The normalized spacial score (nSPS) is 20.5. The van der Waals surface area contributed by atoms with Crippen molar-refractivity contribution in [2.45, 2.75) is 59.4 Å². The summed E-state index contributed by atoms with van der Waals surface area (Å²) in [6.07, 6.45) is 7.95. The molecule has 2 aliphatic rings. The van der Waals surface area contributed by atoms with Gasteiger partial charge in [-0.15, -0.1) is 0 Å². The molecule has 4 rings (SSSR count). The van der Waals surface area contributed by atoms with Gasteiger partial charge < -0.3 is 4.90 Å². The molecular formula is C26H35N3O2. The lowest BCUT2D eigenvalue weighted by atomic mass is 9.79. The number of nitrogens with zero attached hydrogens (tertiary/aromatic N) is 3. The van der Waals surface area contributed by atoms with Crippen LogP contribution in [0.2, 0.25) is 0 Å². The van der Waals surface area contributed by atoms with Crippen molar-refractivity contribution in [1.82, 2.24) is 14.4 Å². The maximum Gasteiger partial charge on any atom is 0.230 e. The number of rotatable bonds is 7. The third kappa shape index (κ3) is 3.73. The van der Waals surface area contributed by atoms with Crippen LogP contribution in [0.3, 0.4) is 0 Å². The Hall–Kier alpha value is -2.40. The number of hydrogen-bond acceptors (Lipinski definition) is 3. The largest absolute Gasteiger partial charge is 0.343 e. The summed E-state index contributed by atoms with van der Waals surface area (Å²) in [5.74, 6) is 0.248. The molecule has 2 heterocycles. The summed E-state index contributed by atoms with van der Waals surface area (Å²) in [5, 5.41) is 1.19. The van der Waals surface area contributed by atoms with Crippen LogP contribution in [0.25, 0.3) is 16.5 Å². The molecule has 0 fully saturated rings. The second-order valence-corrected chi connectivity index (χ2v) is 8.78. The van der Waals surface area contributed by atoms with Crippen molar-refractivity contribution in [2.24, 2.45) is 5.92 Å². The van der Waals surface area contributed by atoms with Crippen molar-refractivity contribution in [2.75, 3.05) is 26.2 Å². The maximum absolute atomic E-state index is 13.3. The predicted molar refractivity (Wildman–Crippen MR) is 126 cm³/mol. The predicted octanol–water partition coefficient (Wildman–Crippen LogP) is 4.60. The Labute approximate surface area is 185 Å². The summed E-state index contributed by atoms with van der Waals surface area (Å²) in [6, 6.07) is 6.55. The summed E-state index contributed by atoms with van der Waals surface area (Å²) >= 11 is 0. The van der Waals surface area contributed by atoms with Crippen molar-refractivity contribution >= 4 is 28.3 Å². The highest BCUT2D eigenvalue weighted by atomic mass is 16.2. The maximum atomic E-state index is 13.3. The van der Waals surface area contributed by atoms with Gasteiger partial charge in [-0.1, -0.05) is 38.5 Å². The van der Waals surface area contributed by atoms with Crippen LogP contribution in [-0.4, -0.2) is 58.4 Å². The van der Waals surface area contributed by atoms with Gasteiger partial charge in [0.05, 0.1) is 11.4 Å². The number of carbonyl (C=O) groups excluding carboxylic acids is 2. The Morgan fingerprint density at radius 2 is 1.90 bits per heavy atom. The fraction of sp³-hybridized carbons (Fsp3) is 0.538. The summed E-state index contributed by atoms with van der Waals surface area (Å²) in [4.78, 5) is 30.3. The molecule has 1 aliphatic carbocycles. The molecule has 0 saturated carbocycles. The van der Waals surface area contributed by atoms with E-state index in [-0.39, 0.29) is 23.8 Å². The van der Waals surface area contributed by atoms with Gasteiger partial charge in [0.1, 0.15) is 0 Å². The van der Waals surface area contributed by atoms with Crippen molar-refractivity contribution in [3.8, 4) is 0 Å². The van der Waals surface area contributed by atoms with Crippen molar-refractivity contribution < 1.29 is 9.59 Å². The molecule has 31 heavy (non-hydrogen) atoms. The van der Waals surface area contributed by atoms with Crippen LogP contribution in [0.4, 0.5) is 0 Å². The lowest BCUT2D eigenvalue weighted by Crippen LogP contribution is -2.49. The van der Waals surface area contributed by atoms with E-state index in [1.807, 2.05) is 22.5 Å². The van der Waals surface area contributed by atoms with Gasteiger partial charge in [-0.3, -0.25) is 19.1 Å². The first-order chi connectivity index (χ1) is 15.0. The molecule has 0 spiro atoms. The number of hydrogen-bond donors (Lipinski definition) is 0. The minimum Gasteiger partial charge on any atom is -0.343 e. The smallest absolute Gasteiger partial charge is 0.230 e. The second-order valence-electron chi connectivity index (χ2n) is 8.78. The average Bonchev–Trinajstić information content (AvgIpc) is 3.17. The monoisotopic (exact) mass is 421 g/mol. The Morgan fingerprint density at radius 1 is 1.13 bits per heavy atom. The molecule has 0 unspecified atom stereocenters. The fourth-order valence-corrected chi connectivity index (χ4v) is 5.34. The van der Waals surface area contributed by atoms with Gasteiger partial charge in [0, 0.05) is 43.7 Å². The van der Waals surface area contributed by atoms with Crippen molar-refractivity contribution in [3.63, 3.8) is 0 Å². The summed E-state index contributed by atoms with van der Waals surface area (Å²) in [7, 11) is 0. The lowest BCUT2D eigenvalue weighted by molar-refractivity contribution is -0.134. The first-order valence-electron chi connectivity index (χ1n) is 11.9. The third-order valence-electron chi connectivity index (χ3n) is 7.01. The minimum absolute atomic E-state index is 0.112. The van der Waals surface area contributed by atoms with Gasteiger partial charge in [0.25, 0.3) is 0 Å². The quantitative estimate of drug-likeness (QED) is 0.656. The molecule has 0 radical (unpaired) electrons. The third-order valence-corrected chi connectivity index (χ3v) is 7.01. The highest BCUT2D eigenvalue weighted by molar-refractivity contribution is 6.03. The second kappa shape index (κ2) is 8.99. The number of amides is 1. The van der Waals surface area contributed by atoms with Crippen LogP contribution in [-0.2, 0) is 11.2 Å². The molecular weight excluding hydrogens is 386 g/mol. The molecule has 1 aliphatic heterocycles. The van der Waals surface area contributed by atoms with Gasteiger partial charge in [-0.2, -0.15) is 0 Å². The van der Waals surface area contributed by atoms with Gasteiger partial charge in [0.2, 0.25) is 11.8 Å². The summed E-state index contributed by atoms with van der Waals surface area (Å²) < 4.78 is 1.83. The van der Waals surface area contributed by atoms with Crippen LogP contribution >= 0.6 is 0 Å². The zero-order valence-corrected chi connectivity index (χ0v) is 19.4. The standard InChI is InChI=1S/C26H35N3O2/c1-5-9-13-28-16-19(26(31)27(7-3)8-4)14-21-20-11-10-12-22-25(20)18(15-23(21)28)17-29(22)24(30)6-2/h10-12,14,17,19,23H,5-9,13,15-16H2,1-4H3/t19-,23-/m1/s1. The van der Waals surface area contributed by atoms with Gasteiger partial charge in [0.15, 0.2) is 0 Å². The topological polar surface area (TPSA) is 45.6 Å². The number of carbonyl (C=O) groups is 2. The SMILES string of the molecule is CCCCN1C[C@H](C(=O)N(CC)CC)C=C2c3cccc4c3c(cn4C(=O)CC)C[C@H]21. The van der Waals surface area contributed by atoms with E-state index in [9.17, 15) is 9.59 Å². The van der Waals surface area contributed by atoms with E-state index in [1.165, 1.54) is 22.1 Å². The first-order valence-corrected chi connectivity index (χ1v) is 11.9. The highest BCUT2D eigenvalue weighted by Gasteiger charge is 2.38. The van der Waals surface area contributed by atoms with E-state index in [0.717, 1.165) is 51.0 Å². The Balaban J connectivity index is 1.83. The van der Waals surface area contributed by atoms with E-state index in [1.54, 1.807) is 0 Å². The Kier molecular flexibility index (Phi) is 6.33. The van der Waals surface area contributed by atoms with Crippen LogP contribution in [0.1, 0.15) is 62.9 Å². The molecule has 2 atom stereocenters. The molecule has 166 valence electrons. The molecule has 1 amide bonds. The van der Waals surface area contributed by atoms with Crippen LogP contribution < -0.4 is 0 Å². The number of aromatic nitrogens is 1. The fourth-order valence-electron chi connectivity index (χ4n) is 5.34. The first kappa shape index (κ1) is 21.8. The summed E-state index contributed by atoms with van der Waals surface area (Å²) in [6.45, 7) is 11.5. The Morgan fingerprint density at radius 3 is 2.58 bits per heavy atom. The van der Waals surface area contributed by atoms with Gasteiger partial charge >= 0.3 is 0 Å². The minimum atomic E-state index is -0.112. The number of benzene rings is 1. The zero-order valence-electron chi connectivity index (χ0n) is 19.4. The molecule has 2 aromatic rings. The van der Waals surface area contributed by atoms with E-state index >= 15 is 0 Å². The van der Waals surface area contributed by atoms with Crippen LogP contribution in [0, 0.1) is 5.92 Å². The van der Waals surface area contributed by atoms with E-state index in [4.69, 9.17) is 0 Å². The van der Waals surface area contributed by atoms with Crippen LogP contribution in [0.15, 0.2) is 30.5 Å². The van der Waals surface area contributed by atoms with E-state index in [2.05, 4.69) is 50.1 Å². The lowest BCUT2D eigenvalue weighted by Gasteiger charge is -2.42. The molecule has 0 bridgehead atoms. The average molecular weight is 422 g/mol. The molecule has 1 aromatic heterocycles. The van der Waals surface area contributed by atoms with E-state index < -0.39 is 0 Å². The molecule has 5 heteroatoms. The molecule has 5 nitrogen and oxygen atoms in total. The van der Waals surface area contributed by atoms with E-state index in [0.29, 0.717) is 6.42 Å². The Bertz CT molecular complexity index is 1020. The number of unbranched alkanes of at least 4 members (excludes halogenated alkanes) is 1. The molecule has 0 N–H and O–H groups in total. The molecule has 0 saturated heterocycles. The number of fused-ring (bicyclic) bond motifs is 2. The van der Waals surface area contributed by atoms with Crippen LogP contribution in [0.5, 0.6) is 0 Å². The van der Waals surface area contributed by atoms with Gasteiger partial charge in [-0.25, -0.2) is 0 Å².